The molecule has 3 rings (SSSR count). The lowest BCUT2D eigenvalue weighted by Gasteiger charge is -2.34. The monoisotopic (exact) mass is 310 g/mol. The van der Waals surface area contributed by atoms with Gasteiger partial charge in [-0.15, -0.1) is 0 Å². The lowest BCUT2D eigenvalue weighted by molar-refractivity contribution is -0.131. The van der Waals surface area contributed by atoms with Gasteiger partial charge in [-0.2, -0.15) is 0 Å². The molecule has 2 N–H and O–H groups in total. The fourth-order valence-electron chi connectivity index (χ4n) is 3.04. The van der Waals surface area contributed by atoms with Crippen LogP contribution >= 0.6 is 0 Å². The molecule has 2 aromatic carbocycles. The van der Waals surface area contributed by atoms with E-state index >= 15 is 0 Å². The van der Waals surface area contributed by atoms with Gasteiger partial charge in [0.25, 0.3) is 0 Å². The predicted octanol–water partition coefficient (Wildman–Crippen LogP) is 3.04. The number of amides is 1. The van der Waals surface area contributed by atoms with Crippen molar-refractivity contribution < 1.29 is 9.90 Å². The molecule has 0 unspecified atom stereocenters. The topological polar surface area (TPSA) is 52.6 Å². The Kier molecular flexibility index (Phi) is 4.81. The van der Waals surface area contributed by atoms with Gasteiger partial charge in [0.1, 0.15) is 5.75 Å². The van der Waals surface area contributed by atoms with Gasteiger partial charge >= 0.3 is 0 Å². The van der Waals surface area contributed by atoms with E-state index in [1.54, 1.807) is 18.2 Å². The van der Waals surface area contributed by atoms with E-state index in [4.69, 9.17) is 0 Å². The SMILES string of the molecule is O=C(Cc1cccc(O)c1)N1CCC[C@@H](Nc2ccccc2)C1. The number of hydrogen-bond acceptors (Lipinski definition) is 3. The molecule has 120 valence electrons. The first-order chi connectivity index (χ1) is 11.2. The molecule has 1 heterocycles. The summed E-state index contributed by atoms with van der Waals surface area (Å²) in [5.74, 6) is 0.327. The van der Waals surface area contributed by atoms with Crippen molar-refractivity contribution in [3.8, 4) is 5.75 Å². The number of phenols is 1. The number of likely N-dealkylation sites (tertiary alicyclic amines) is 1. The van der Waals surface area contributed by atoms with Crippen molar-refractivity contribution >= 4 is 11.6 Å². The van der Waals surface area contributed by atoms with Gasteiger partial charge in [0, 0.05) is 24.8 Å². The molecule has 1 aliphatic rings. The molecule has 23 heavy (non-hydrogen) atoms. The van der Waals surface area contributed by atoms with Crippen LogP contribution in [0.25, 0.3) is 0 Å². The lowest BCUT2D eigenvalue weighted by atomic mass is 10.0. The Morgan fingerprint density at radius 3 is 2.78 bits per heavy atom. The number of carbonyl (C=O) groups is 1. The number of piperidine rings is 1. The first kappa shape index (κ1) is 15.4. The number of phenolic OH excluding ortho intramolecular Hbond substituents is 1. The highest BCUT2D eigenvalue weighted by atomic mass is 16.3. The minimum Gasteiger partial charge on any atom is -0.508 e. The van der Waals surface area contributed by atoms with Crippen LogP contribution in [0.1, 0.15) is 18.4 Å². The molecule has 0 saturated carbocycles. The third-order valence-corrected chi connectivity index (χ3v) is 4.18. The third kappa shape index (κ3) is 4.25. The second kappa shape index (κ2) is 7.18. The number of hydrogen-bond donors (Lipinski definition) is 2. The normalized spacial score (nSPS) is 17.7. The zero-order valence-electron chi connectivity index (χ0n) is 13.1. The summed E-state index contributed by atoms with van der Waals surface area (Å²) in [7, 11) is 0. The second-order valence-corrected chi connectivity index (χ2v) is 6.04. The Morgan fingerprint density at radius 1 is 1.17 bits per heavy atom. The fraction of sp³-hybridized carbons (Fsp3) is 0.316. The first-order valence-electron chi connectivity index (χ1n) is 8.08. The molecule has 4 heteroatoms. The average Bonchev–Trinajstić information content (AvgIpc) is 2.56. The third-order valence-electron chi connectivity index (χ3n) is 4.18. The Hall–Kier alpha value is -2.49. The molecule has 2 aromatic rings. The summed E-state index contributed by atoms with van der Waals surface area (Å²) in [4.78, 5) is 14.4. The molecule has 1 aliphatic heterocycles. The van der Waals surface area contributed by atoms with Gasteiger partial charge in [-0.05, 0) is 42.7 Å². The average molecular weight is 310 g/mol. The summed E-state index contributed by atoms with van der Waals surface area (Å²) < 4.78 is 0. The van der Waals surface area contributed by atoms with Crippen LogP contribution in [0.2, 0.25) is 0 Å². The summed E-state index contributed by atoms with van der Waals surface area (Å²) in [5.41, 5.74) is 1.95. The maximum Gasteiger partial charge on any atom is 0.227 e. The van der Waals surface area contributed by atoms with E-state index in [-0.39, 0.29) is 11.7 Å². The minimum atomic E-state index is 0.121. The number of benzene rings is 2. The zero-order valence-corrected chi connectivity index (χ0v) is 13.1. The van der Waals surface area contributed by atoms with Crippen LogP contribution < -0.4 is 5.32 Å². The highest BCUT2D eigenvalue weighted by Gasteiger charge is 2.23. The first-order valence-corrected chi connectivity index (χ1v) is 8.08. The number of para-hydroxylation sites is 1. The Morgan fingerprint density at radius 2 is 2.00 bits per heavy atom. The summed E-state index contributed by atoms with van der Waals surface area (Å²) in [6, 6.07) is 17.3. The molecular weight excluding hydrogens is 288 g/mol. The molecule has 1 fully saturated rings. The van der Waals surface area contributed by atoms with Crippen molar-refractivity contribution in [2.45, 2.75) is 25.3 Å². The van der Waals surface area contributed by atoms with Crippen LogP contribution in [0.3, 0.4) is 0 Å². The Bertz CT molecular complexity index is 657. The van der Waals surface area contributed by atoms with Crippen LogP contribution in [-0.2, 0) is 11.2 Å². The van der Waals surface area contributed by atoms with Crippen molar-refractivity contribution in [3.63, 3.8) is 0 Å². The summed E-state index contributed by atoms with van der Waals surface area (Å²) in [5, 5.41) is 13.0. The molecular formula is C19H22N2O2. The zero-order chi connectivity index (χ0) is 16.1. The molecule has 1 atom stereocenters. The van der Waals surface area contributed by atoms with Crippen molar-refractivity contribution in [1.82, 2.24) is 4.90 Å². The van der Waals surface area contributed by atoms with Gasteiger partial charge in [0.15, 0.2) is 0 Å². The van der Waals surface area contributed by atoms with Crippen LogP contribution in [0, 0.1) is 0 Å². The molecule has 0 aliphatic carbocycles. The van der Waals surface area contributed by atoms with E-state index in [9.17, 15) is 9.90 Å². The summed E-state index contributed by atoms with van der Waals surface area (Å²) in [6.45, 7) is 1.54. The standard InChI is InChI=1S/C19H22N2O2/c22-18-10-4-6-15(12-18)13-19(23)21-11-5-9-17(14-21)20-16-7-2-1-3-8-16/h1-4,6-8,10,12,17,20,22H,5,9,11,13-14H2/t17-/m1/s1. The molecule has 0 radical (unpaired) electrons. The van der Waals surface area contributed by atoms with E-state index < -0.39 is 0 Å². The van der Waals surface area contributed by atoms with Crippen LogP contribution in [0.15, 0.2) is 54.6 Å². The maximum absolute atomic E-state index is 12.5. The van der Waals surface area contributed by atoms with Crippen LogP contribution in [0.4, 0.5) is 5.69 Å². The van der Waals surface area contributed by atoms with E-state index in [2.05, 4.69) is 5.32 Å². The van der Waals surface area contributed by atoms with Gasteiger partial charge in [-0.1, -0.05) is 30.3 Å². The fourth-order valence-corrected chi connectivity index (χ4v) is 3.04. The predicted molar refractivity (Wildman–Crippen MR) is 91.5 cm³/mol. The van der Waals surface area contributed by atoms with Crippen LogP contribution in [0.5, 0.6) is 5.75 Å². The molecule has 0 bridgehead atoms. The van der Waals surface area contributed by atoms with E-state index in [1.807, 2.05) is 41.3 Å². The van der Waals surface area contributed by atoms with Crippen molar-refractivity contribution in [2.75, 3.05) is 18.4 Å². The Labute approximate surface area is 136 Å². The molecule has 4 nitrogen and oxygen atoms in total. The lowest BCUT2D eigenvalue weighted by Crippen LogP contribution is -2.45. The smallest absolute Gasteiger partial charge is 0.227 e. The maximum atomic E-state index is 12.5. The summed E-state index contributed by atoms with van der Waals surface area (Å²) >= 11 is 0. The highest BCUT2D eigenvalue weighted by Crippen LogP contribution is 2.18. The van der Waals surface area contributed by atoms with Gasteiger partial charge in [0.05, 0.1) is 6.42 Å². The van der Waals surface area contributed by atoms with Crippen molar-refractivity contribution in [2.24, 2.45) is 0 Å². The molecule has 1 amide bonds. The number of aromatic hydroxyl groups is 1. The Balaban J connectivity index is 1.58. The molecule has 1 saturated heterocycles. The minimum absolute atomic E-state index is 0.121. The largest absolute Gasteiger partial charge is 0.508 e. The number of anilines is 1. The highest BCUT2D eigenvalue weighted by molar-refractivity contribution is 5.79. The quantitative estimate of drug-likeness (QED) is 0.912. The van der Waals surface area contributed by atoms with E-state index in [0.29, 0.717) is 12.5 Å². The number of rotatable bonds is 4. The van der Waals surface area contributed by atoms with Gasteiger partial charge < -0.3 is 15.3 Å². The van der Waals surface area contributed by atoms with Crippen molar-refractivity contribution in [3.05, 3.63) is 60.2 Å². The second-order valence-electron chi connectivity index (χ2n) is 6.04. The molecule has 0 aromatic heterocycles. The number of nitrogens with zero attached hydrogens (tertiary/aromatic N) is 1. The summed E-state index contributed by atoms with van der Waals surface area (Å²) in [6.07, 6.45) is 2.42. The van der Waals surface area contributed by atoms with Gasteiger partial charge in [-0.3, -0.25) is 4.79 Å². The molecule has 0 spiro atoms. The van der Waals surface area contributed by atoms with Crippen LogP contribution in [-0.4, -0.2) is 35.0 Å². The number of nitrogens with one attached hydrogen (secondary N) is 1. The van der Waals surface area contributed by atoms with E-state index in [0.717, 1.165) is 37.2 Å². The van der Waals surface area contributed by atoms with Gasteiger partial charge in [-0.25, -0.2) is 0 Å². The number of carbonyl (C=O) groups excluding carboxylic acids is 1. The van der Waals surface area contributed by atoms with Gasteiger partial charge in [0.2, 0.25) is 5.91 Å². The van der Waals surface area contributed by atoms with E-state index in [1.165, 1.54) is 0 Å². The van der Waals surface area contributed by atoms with Crippen molar-refractivity contribution in [1.29, 1.82) is 0 Å².